The average molecular weight is 283 g/mol. The summed E-state index contributed by atoms with van der Waals surface area (Å²) in [6, 6.07) is 17.8. The van der Waals surface area contributed by atoms with Gasteiger partial charge in [-0.25, -0.2) is 0 Å². The van der Waals surface area contributed by atoms with Crippen molar-refractivity contribution in [2.24, 2.45) is 0 Å². The Morgan fingerprint density at radius 3 is 2.24 bits per heavy atom. The van der Waals surface area contributed by atoms with Crippen LogP contribution in [0.4, 0.5) is 0 Å². The Morgan fingerprint density at radius 2 is 1.67 bits per heavy atom. The van der Waals surface area contributed by atoms with Gasteiger partial charge in [0.2, 0.25) is 0 Å². The minimum atomic E-state index is -0.0231. The molecule has 21 heavy (non-hydrogen) atoms. The van der Waals surface area contributed by atoms with Crippen LogP contribution in [0.3, 0.4) is 0 Å². The molecule has 2 aromatic carbocycles. The van der Waals surface area contributed by atoms with Gasteiger partial charge in [-0.2, -0.15) is 0 Å². The molecule has 3 heteroatoms. The zero-order valence-electron chi connectivity index (χ0n) is 12.9. The number of aryl methyl sites for hydroxylation is 1. The number of amides is 1. The zero-order valence-corrected chi connectivity index (χ0v) is 12.9. The van der Waals surface area contributed by atoms with Crippen molar-refractivity contribution in [2.45, 2.75) is 13.0 Å². The van der Waals surface area contributed by atoms with Crippen LogP contribution >= 0.6 is 0 Å². The highest BCUT2D eigenvalue weighted by Crippen LogP contribution is 2.12. The molecule has 0 spiro atoms. The molecule has 0 unspecified atom stereocenters. The number of carbonyl (C=O) groups is 1. The maximum absolute atomic E-state index is 12.4. The van der Waals surface area contributed by atoms with E-state index in [1.807, 2.05) is 49.4 Å². The molecule has 2 rings (SSSR count). The van der Waals surface area contributed by atoms with Crippen LogP contribution in [0.15, 0.2) is 54.6 Å². The molecule has 0 saturated carbocycles. The summed E-state index contributed by atoms with van der Waals surface area (Å²) in [6.45, 7) is 2.87. The molecule has 3 nitrogen and oxygen atoms in total. The van der Waals surface area contributed by atoms with Gasteiger partial charge in [0.25, 0.3) is 5.91 Å². The Kier molecular flexibility index (Phi) is 5.12. The predicted octanol–water partition coefficient (Wildman–Crippen LogP) is 1.61. The standard InChI is InChI=1S/C18H22N2O/c1-14-9-11-16(12-10-14)18(21)19-17(13-20(2)3)15-7-5-4-6-8-15/h4-12,17H,13H2,1-3H3,(H,19,21)/p+1/t17-/m0/s1. The van der Waals surface area contributed by atoms with E-state index in [2.05, 4.69) is 31.5 Å². The lowest BCUT2D eigenvalue weighted by Crippen LogP contribution is -3.06. The van der Waals surface area contributed by atoms with E-state index in [-0.39, 0.29) is 11.9 Å². The number of nitrogens with one attached hydrogen (secondary N) is 2. The van der Waals surface area contributed by atoms with Gasteiger partial charge in [0.1, 0.15) is 12.6 Å². The van der Waals surface area contributed by atoms with Crippen molar-refractivity contribution in [2.75, 3.05) is 20.6 Å². The molecule has 0 aromatic heterocycles. The Balaban J connectivity index is 2.15. The van der Waals surface area contributed by atoms with Gasteiger partial charge in [0.05, 0.1) is 14.1 Å². The fourth-order valence-electron chi connectivity index (χ4n) is 2.29. The summed E-state index contributed by atoms with van der Waals surface area (Å²) < 4.78 is 0. The first-order valence-electron chi connectivity index (χ1n) is 7.28. The van der Waals surface area contributed by atoms with Gasteiger partial charge in [-0.1, -0.05) is 48.0 Å². The van der Waals surface area contributed by atoms with Crippen molar-refractivity contribution in [3.05, 3.63) is 71.3 Å². The quantitative estimate of drug-likeness (QED) is 0.859. The Labute approximate surface area is 126 Å². The number of benzene rings is 2. The Hall–Kier alpha value is -2.13. The molecule has 0 aliphatic rings. The number of rotatable bonds is 5. The molecule has 0 aliphatic heterocycles. The second-order valence-corrected chi connectivity index (χ2v) is 5.71. The van der Waals surface area contributed by atoms with Crippen LogP contribution in [0, 0.1) is 6.92 Å². The van der Waals surface area contributed by atoms with E-state index in [0.29, 0.717) is 5.56 Å². The Bertz CT molecular complexity index is 576. The van der Waals surface area contributed by atoms with Crippen LogP contribution < -0.4 is 10.2 Å². The number of hydrogen-bond acceptors (Lipinski definition) is 1. The first-order chi connectivity index (χ1) is 10.1. The molecule has 0 saturated heterocycles. The largest absolute Gasteiger partial charge is 0.340 e. The van der Waals surface area contributed by atoms with Gasteiger partial charge < -0.3 is 10.2 Å². The van der Waals surface area contributed by atoms with Crippen LogP contribution in [0.2, 0.25) is 0 Å². The van der Waals surface area contributed by atoms with Crippen molar-refractivity contribution >= 4 is 5.91 Å². The van der Waals surface area contributed by atoms with E-state index < -0.39 is 0 Å². The van der Waals surface area contributed by atoms with Gasteiger partial charge >= 0.3 is 0 Å². The fraction of sp³-hybridized carbons (Fsp3) is 0.278. The van der Waals surface area contributed by atoms with Gasteiger partial charge in [0.15, 0.2) is 0 Å². The second-order valence-electron chi connectivity index (χ2n) is 5.71. The van der Waals surface area contributed by atoms with Crippen LogP contribution in [0.5, 0.6) is 0 Å². The van der Waals surface area contributed by atoms with Crippen LogP contribution in [0.1, 0.15) is 27.5 Å². The smallest absolute Gasteiger partial charge is 0.251 e. The number of hydrogen-bond donors (Lipinski definition) is 2. The van der Waals surface area contributed by atoms with E-state index in [4.69, 9.17) is 0 Å². The van der Waals surface area contributed by atoms with Crippen molar-refractivity contribution in [1.82, 2.24) is 5.32 Å². The topological polar surface area (TPSA) is 33.5 Å². The van der Waals surface area contributed by atoms with Crippen molar-refractivity contribution in [1.29, 1.82) is 0 Å². The summed E-state index contributed by atoms with van der Waals surface area (Å²) in [7, 11) is 4.18. The van der Waals surface area contributed by atoms with E-state index in [1.165, 1.54) is 4.90 Å². The first-order valence-corrected chi connectivity index (χ1v) is 7.28. The summed E-state index contributed by atoms with van der Waals surface area (Å²) in [4.78, 5) is 13.7. The minimum absolute atomic E-state index is 0.0185. The summed E-state index contributed by atoms with van der Waals surface area (Å²) in [5.74, 6) is -0.0231. The predicted molar refractivity (Wildman–Crippen MR) is 85.5 cm³/mol. The summed E-state index contributed by atoms with van der Waals surface area (Å²) >= 11 is 0. The maximum Gasteiger partial charge on any atom is 0.251 e. The third kappa shape index (κ3) is 4.43. The molecule has 1 amide bonds. The zero-order chi connectivity index (χ0) is 15.2. The number of carbonyl (C=O) groups excluding carboxylic acids is 1. The average Bonchev–Trinajstić information content (AvgIpc) is 2.47. The monoisotopic (exact) mass is 283 g/mol. The molecule has 2 N–H and O–H groups in total. The van der Waals surface area contributed by atoms with Crippen molar-refractivity contribution < 1.29 is 9.69 Å². The van der Waals surface area contributed by atoms with Crippen LogP contribution in [-0.2, 0) is 0 Å². The highest BCUT2D eigenvalue weighted by molar-refractivity contribution is 5.94. The third-order valence-electron chi connectivity index (χ3n) is 3.43. The molecular formula is C18H23N2O+. The SMILES string of the molecule is Cc1ccc(C(=O)N[C@@H](C[NH+](C)C)c2ccccc2)cc1. The van der Waals surface area contributed by atoms with E-state index in [0.717, 1.165) is 17.7 Å². The highest BCUT2D eigenvalue weighted by atomic mass is 16.1. The fourth-order valence-corrected chi connectivity index (χ4v) is 2.29. The van der Waals surface area contributed by atoms with Gasteiger partial charge in [-0.3, -0.25) is 4.79 Å². The van der Waals surface area contributed by atoms with Gasteiger partial charge in [-0.05, 0) is 24.6 Å². The molecule has 0 bridgehead atoms. The maximum atomic E-state index is 12.4. The lowest BCUT2D eigenvalue weighted by atomic mass is 10.1. The molecule has 0 aliphatic carbocycles. The number of likely N-dealkylation sites (N-methyl/N-ethyl adjacent to an activating group) is 1. The normalized spacial score (nSPS) is 12.2. The van der Waals surface area contributed by atoms with Gasteiger partial charge in [-0.15, -0.1) is 0 Å². The molecular weight excluding hydrogens is 260 g/mol. The highest BCUT2D eigenvalue weighted by Gasteiger charge is 2.18. The third-order valence-corrected chi connectivity index (χ3v) is 3.43. The van der Waals surface area contributed by atoms with Crippen molar-refractivity contribution in [3.8, 4) is 0 Å². The molecule has 2 aromatic rings. The van der Waals surface area contributed by atoms with Crippen LogP contribution in [0.25, 0.3) is 0 Å². The summed E-state index contributed by atoms with van der Waals surface area (Å²) in [5, 5.41) is 3.14. The van der Waals surface area contributed by atoms with Crippen molar-refractivity contribution in [3.63, 3.8) is 0 Å². The lowest BCUT2D eigenvalue weighted by molar-refractivity contribution is -0.860. The molecule has 1 atom stereocenters. The molecule has 0 radical (unpaired) electrons. The molecule has 0 heterocycles. The summed E-state index contributed by atoms with van der Waals surface area (Å²) in [6.07, 6.45) is 0. The second kappa shape index (κ2) is 7.04. The first kappa shape index (κ1) is 15.3. The molecule has 110 valence electrons. The Morgan fingerprint density at radius 1 is 1.05 bits per heavy atom. The van der Waals surface area contributed by atoms with Gasteiger partial charge in [0, 0.05) is 5.56 Å². The number of quaternary nitrogens is 1. The van der Waals surface area contributed by atoms with E-state index in [9.17, 15) is 4.79 Å². The molecule has 0 fully saturated rings. The minimum Gasteiger partial charge on any atom is -0.340 e. The summed E-state index contributed by atoms with van der Waals surface area (Å²) in [5.41, 5.74) is 3.00. The lowest BCUT2D eigenvalue weighted by Gasteiger charge is -2.21. The van der Waals surface area contributed by atoms with E-state index in [1.54, 1.807) is 0 Å². The van der Waals surface area contributed by atoms with Crippen LogP contribution in [-0.4, -0.2) is 26.5 Å². The van der Waals surface area contributed by atoms with E-state index >= 15 is 0 Å².